The predicted octanol–water partition coefficient (Wildman–Crippen LogP) is 3.22. The first-order valence-electron chi connectivity index (χ1n) is 7.31. The predicted molar refractivity (Wildman–Crippen MR) is 88.2 cm³/mol. The van der Waals surface area contributed by atoms with E-state index in [0.717, 1.165) is 18.5 Å². The van der Waals surface area contributed by atoms with Crippen molar-refractivity contribution < 1.29 is 8.81 Å². The molecule has 0 bridgehead atoms. The third-order valence-electron chi connectivity index (χ3n) is 3.11. The zero-order valence-electron chi connectivity index (χ0n) is 13.2. The first-order valence-corrected chi connectivity index (χ1v) is 7.31. The summed E-state index contributed by atoms with van der Waals surface area (Å²) in [7, 11) is 4.01. The third kappa shape index (κ3) is 5.24. The third-order valence-corrected chi connectivity index (χ3v) is 3.11. The lowest BCUT2D eigenvalue weighted by Gasteiger charge is -2.08. The van der Waals surface area contributed by atoms with E-state index in [9.17, 15) is 4.39 Å². The van der Waals surface area contributed by atoms with Crippen molar-refractivity contribution in [2.24, 2.45) is 0 Å². The van der Waals surface area contributed by atoms with Crippen molar-refractivity contribution in [2.45, 2.75) is 6.42 Å². The van der Waals surface area contributed by atoms with Crippen molar-refractivity contribution in [2.75, 3.05) is 32.5 Å². The number of nitrogens with zero attached hydrogens (tertiary/aromatic N) is 3. The topological polar surface area (TPSA) is 65.1 Å². The second-order valence-corrected chi connectivity index (χ2v) is 5.31. The molecule has 0 saturated heterocycles. The van der Waals surface area contributed by atoms with Crippen LogP contribution in [0.5, 0.6) is 0 Å². The molecule has 1 N–H and O–H groups in total. The minimum atomic E-state index is -0.283. The number of anilines is 1. The maximum Gasteiger partial charge on any atom is 0.232 e. The van der Waals surface area contributed by atoms with Crippen LogP contribution in [0, 0.1) is 17.1 Å². The van der Waals surface area contributed by atoms with Crippen LogP contribution in [0.15, 0.2) is 28.7 Å². The summed E-state index contributed by atoms with van der Waals surface area (Å²) in [6.45, 7) is 1.64. The second kappa shape index (κ2) is 8.11. The van der Waals surface area contributed by atoms with E-state index in [4.69, 9.17) is 9.68 Å². The average Bonchev–Trinajstić information content (AvgIpc) is 2.93. The van der Waals surface area contributed by atoms with E-state index in [0.29, 0.717) is 18.3 Å². The molecule has 0 radical (unpaired) electrons. The van der Waals surface area contributed by atoms with E-state index in [-0.39, 0.29) is 11.5 Å². The van der Waals surface area contributed by atoms with Gasteiger partial charge in [-0.3, -0.25) is 0 Å². The van der Waals surface area contributed by atoms with E-state index in [1.165, 1.54) is 12.1 Å². The number of hydrogen-bond donors (Lipinski definition) is 1. The summed E-state index contributed by atoms with van der Waals surface area (Å²) in [6, 6.07) is 8.08. The first kappa shape index (κ1) is 16.7. The molecule has 0 aliphatic carbocycles. The van der Waals surface area contributed by atoms with E-state index in [2.05, 4.69) is 15.2 Å². The van der Waals surface area contributed by atoms with Crippen molar-refractivity contribution in [3.8, 4) is 6.07 Å². The molecule has 2 aromatic rings. The van der Waals surface area contributed by atoms with Crippen LogP contribution in [0.4, 0.5) is 10.3 Å². The van der Waals surface area contributed by atoms with Gasteiger partial charge in [-0.05, 0) is 50.8 Å². The molecule has 5 nitrogen and oxygen atoms in total. The Kier molecular flexibility index (Phi) is 5.89. The van der Waals surface area contributed by atoms with Crippen LogP contribution in [0.1, 0.15) is 23.6 Å². The van der Waals surface area contributed by atoms with Crippen molar-refractivity contribution in [1.82, 2.24) is 9.88 Å². The summed E-state index contributed by atoms with van der Waals surface area (Å²) in [5.41, 5.74) is 1.05. The zero-order valence-corrected chi connectivity index (χ0v) is 13.2. The van der Waals surface area contributed by atoms with Gasteiger partial charge < -0.3 is 14.6 Å². The molecule has 2 rings (SSSR count). The lowest BCUT2D eigenvalue weighted by atomic mass is 10.2. The summed E-state index contributed by atoms with van der Waals surface area (Å²) in [6.07, 6.45) is 4.33. The lowest BCUT2D eigenvalue weighted by molar-refractivity contribution is 0.404. The van der Waals surface area contributed by atoms with E-state index in [1.807, 2.05) is 20.2 Å². The SMILES string of the molecule is CN(C)CCCNc1oc(/C=C/c2ccc(F)cc2)nc1C#N. The van der Waals surface area contributed by atoms with Crippen LogP contribution in [-0.2, 0) is 0 Å². The van der Waals surface area contributed by atoms with Gasteiger partial charge in [0.2, 0.25) is 17.5 Å². The summed E-state index contributed by atoms with van der Waals surface area (Å²) >= 11 is 0. The van der Waals surface area contributed by atoms with Gasteiger partial charge in [-0.25, -0.2) is 4.39 Å². The highest BCUT2D eigenvalue weighted by molar-refractivity contribution is 5.67. The molecule has 0 atom stereocenters. The summed E-state index contributed by atoms with van der Waals surface area (Å²) in [5, 5.41) is 12.2. The average molecular weight is 314 g/mol. The highest BCUT2D eigenvalue weighted by Gasteiger charge is 2.10. The van der Waals surface area contributed by atoms with Gasteiger partial charge in [-0.1, -0.05) is 12.1 Å². The molecule has 0 fully saturated rings. The molecule has 0 amide bonds. The van der Waals surface area contributed by atoms with Gasteiger partial charge >= 0.3 is 0 Å². The van der Waals surface area contributed by atoms with Crippen molar-refractivity contribution in [3.63, 3.8) is 0 Å². The fourth-order valence-corrected chi connectivity index (χ4v) is 1.94. The monoisotopic (exact) mass is 314 g/mol. The standard InChI is InChI=1S/C17H19FN4O/c1-22(2)11-3-10-20-17-15(12-19)21-16(23-17)9-6-13-4-7-14(18)8-5-13/h4-9,20H,3,10-11H2,1-2H3/b9-6+. The molecule has 0 spiro atoms. The van der Waals surface area contributed by atoms with Crippen molar-refractivity contribution in [1.29, 1.82) is 5.26 Å². The number of rotatable bonds is 7. The number of hydrogen-bond acceptors (Lipinski definition) is 5. The molecule has 6 heteroatoms. The van der Waals surface area contributed by atoms with Crippen molar-refractivity contribution in [3.05, 3.63) is 47.2 Å². The molecule has 0 saturated carbocycles. The molecule has 1 aromatic heterocycles. The summed E-state index contributed by atoms with van der Waals surface area (Å²) in [5.74, 6) is 0.431. The molecule has 1 heterocycles. The Bertz CT molecular complexity index is 698. The van der Waals surface area contributed by atoms with E-state index in [1.54, 1.807) is 24.3 Å². The fraction of sp³-hybridized carbons (Fsp3) is 0.294. The molecule has 0 aliphatic heterocycles. The molecular weight excluding hydrogens is 295 g/mol. The van der Waals surface area contributed by atoms with Crippen LogP contribution in [-0.4, -0.2) is 37.1 Å². The Morgan fingerprint density at radius 1 is 1.30 bits per heavy atom. The number of benzene rings is 1. The van der Waals surface area contributed by atoms with Gasteiger partial charge in [0.25, 0.3) is 0 Å². The number of nitriles is 1. The molecule has 1 aromatic carbocycles. The highest BCUT2D eigenvalue weighted by Crippen LogP contribution is 2.18. The maximum absolute atomic E-state index is 12.8. The van der Waals surface area contributed by atoms with E-state index >= 15 is 0 Å². The van der Waals surface area contributed by atoms with Gasteiger partial charge in [0, 0.05) is 12.6 Å². The normalized spacial score (nSPS) is 11.1. The van der Waals surface area contributed by atoms with Gasteiger partial charge in [-0.15, -0.1) is 0 Å². The minimum absolute atomic E-state index is 0.230. The minimum Gasteiger partial charge on any atom is -0.420 e. The van der Waals surface area contributed by atoms with Crippen LogP contribution in [0.3, 0.4) is 0 Å². The smallest absolute Gasteiger partial charge is 0.232 e. The summed E-state index contributed by atoms with van der Waals surface area (Å²) < 4.78 is 18.4. The van der Waals surface area contributed by atoms with Gasteiger partial charge in [0.1, 0.15) is 11.9 Å². The maximum atomic E-state index is 12.8. The molecule has 0 unspecified atom stereocenters. The quantitative estimate of drug-likeness (QED) is 0.795. The van der Waals surface area contributed by atoms with Gasteiger partial charge in [0.05, 0.1) is 0 Å². The first-order chi connectivity index (χ1) is 11.1. The Labute approximate surface area is 135 Å². The Hall–Kier alpha value is -2.65. The zero-order chi connectivity index (χ0) is 16.7. The lowest BCUT2D eigenvalue weighted by Crippen LogP contribution is -2.16. The Morgan fingerprint density at radius 3 is 2.70 bits per heavy atom. The Morgan fingerprint density at radius 2 is 2.04 bits per heavy atom. The molecule has 120 valence electrons. The van der Waals surface area contributed by atoms with Crippen LogP contribution >= 0.6 is 0 Å². The molecule has 23 heavy (non-hydrogen) atoms. The molecular formula is C17H19FN4O. The van der Waals surface area contributed by atoms with Gasteiger partial charge in [-0.2, -0.15) is 10.2 Å². The molecule has 0 aliphatic rings. The summed E-state index contributed by atoms with van der Waals surface area (Å²) in [4.78, 5) is 6.20. The van der Waals surface area contributed by atoms with E-state index < -0.39 is 0 Å². The number of oxazole rings is 1. The van der Waals surface area contributed by atoms with Crippen molar-refractivity contribution >= 4 is 18.0 Å². The fourth-order valence-electron chi connectivity index (χ4n) is 1.94. The van der Waals surface area contributed by atoms with Gasteiger partial charge in [0.15, 0.2) is 0 Å². The second-order valence-electron chi connectivity index (χ2n) is 5.31. The number of halogens is 1. The largest absolute Gasteiger partial charge is 0.420 e. The van der Waals surface area contributed by atoms with Crippen LogP contribution in [0.25, 0.3) is 12.2 Å². The Balaban J connectivity index is 2.00. The number of aromatic nitrogens is 1. The van der Waals surface area contributed by atoms with Crippen LogP contribution < -0.4 is 5.32 Å². The number of nitrogens with one attached hydrogen (secondary N) is 1. The highest BCUT2D eigenvalue weighted by atomic mass is 19.1. The van der Waals surface area contributed by atoms with Crippen LogP contribution in [0.2, 0.25) is 0 Å².